The van der Waals surface area contributed by atoms with Crippen LogP contribution in [0.25, 0.3) is 16.9 Å². The van der Waals surface area contributed by atoms with Gasteiger partial charge in [-0.1, -0.05) is 16.8 Å². The van der Waals surface area contributed by atoms with Crippen molar-refractivity contribution in [2.45, 2.75) is 13.0 Å². The van der Waals surface area contributed by atoms with E-state index in [-0.39, 0.29) is 11.2 Å². The average Bonchev–Trinajstić information content (AvgIpc) is 3.02. The van der Waals surface area contributed by atoms with Gasteiger partial charge >= 0.3 is 0 Å². The number of hydrogen-bond acceptors (Lipinski definition) is 6. The highest BCUT2D eigenvalue weighted by molar-refractivity contribution is 6.30. The SMILES string of the molecule is CC(=O)[C@H](C(=O)N(C)C)n1cnc2c(nnn2-c2ccc(Cl)cc2)c1=O. The zero-order valence-electron chi connectivity index (χ0n) is 14.3. The van der Waals surface area contributed by atoms with Gasteiger partial charge in [-0.25, -0.2) is 4.98 Å². The Morgan fingerprint density at radius 2 is 1.85 bits per heavy atom. The highest BCUT2D eigenvalue weighted by atomic mass is 35.5. The van der Waals surface area contributed by atoms with Gasteiger partial charge in [-0.05, 0) is 31.2 Å². The molecular formula is C16H15ClN6O3. The second-order valence-corrected chi connectivity index (χ2v) is 6.29. The van der Waals surface area contributed by atoms with Crippen LogP contribution in [0.3, 0.4) is 0 Å². The quantitative estimate of drug-likeness (QED) is 0.627. The fourth-order valence-electron chi connectivity index (χ4n) is 2.50. The molecule has 0 saturated carbocycles. The maximum absolute atomic E-state index is 12.8. The van der Waals surface area contributed by atoms with Crippen LogP contribution in [0, 0.1) is 0 Å². The van der Waals surface area contributed by atoms with E-state index in [2.05, 4.69) is 15.3 Å². The fraction of sp³-hybridized carbons (Fsp3) is 0.250. The first kappa shape index (κ1) is 17.7. The normalized spacial score (nSPS) is 12.2. The lowest BCUT2D eigenvalue weighted by Gasteiger charge is -2.19. The third-order valence-electron chi connectivity index (χ3n) is 3.80. The highest BCUT2D eigenvalue weighted by Gasteiger charge is 2.29. The van der Waals surface area contributed by atoms with Crippen LogP contribution in [0.5, 0.6) is 0 Å². The molecule has 134 valence electrons. The Balaban J connectivity index is 2.16. The number of rotatable bonds is 4. The molecule has 0 saturated heterocycles. The lowest BCUT2D eigenvalue weighted by Crippen LogP contribution is -2.40. The lowest BCUT2D eigenvalue weighted by atomic mass is 10.2. The molecule has 2 heterocycles. The van der Waals surface area contributed by atoms with E-state index in [4.69, 9.17) is 11.6 Å². The summed E-state index contributed by atoms with van der Waals surface area (Å²) in [6, 6.07) is 5.46. The van der Waals surface area contributed by atoms with Crippen LogP contribution in [0.1, 0.15) is 13.0 Å². The number of Topliss-reactive ketones (excluding diaryl/α,β-unsaturated/α-hetero) is 1. The number of carbonyl (C=O) groups is 2. The Labute approximate surface area is 152 Å². The molecule has 0 unspecified atom stereocenters. The third kappa shape index (κ3) is 2.97. The Kier molecular flexibility index (Phi) is 4.56. The minimum atomic E-state index is -1.30. The Morgan fingerprint density at radius 3 is 2.42 bits per heavy atom. The summed E-state index contributed by atoms with van der Waals surface area (Å²) in [6.45, 7) is 1.24. The molecule has 0 N–H and O–H groups in total. The van der Waals surface area contributed by atoms with Crippen molar-refractivity contribution in [3.63, 3.8) is 0 Å². The standard InChI is InChI=1S/C16H15ClN6O3/c1-9(24)13(16(26)21(2)3)22-8-18-14-12(15(22)25)19-20-23(14)11-6-4-10(17)5-7-11/h4-8,13H,1-3H3/t13-/m1/s1. The molecule has 0 aliphatic rings. The predicted octanol–water partition coefficient (Wildman–Crippen LogP) is 0.849. The number of aromatic nitrogens is 5. The summed E-state index contributed by atoms with van der Waals surface area (Å²) >= 11 is 5.87. The van der Waals surface area contributed by atoms with Gasteiger partial charge in [0.2, 0.25) is 0 Å². The van der Waals surface area contributed by atoms with Crippen LogP contribution in [-0.4, -0.2) is 55.2 Å². The number of benzene rings is 1. The summed E-state index contributed by atoms with van der Waals surface area (Å²) in [5.74, 6) is -0.997. The number of carbonyl (C=O) groups excluding carboxylic acids is 2. The van der Waals surface area contributed by atoms with Gasteiger partial charge in [0.15, 0.2) is 23.0 Å². The molecule has 1 amide bonds. The van der Waals surface area contributed by atoms with Gasteiger partial charge < -0.3 is 4.90 Å². The molecule has 1 atom stereocenters. The summed E-state index contributed by atoms with van der Waals surface area (Å²) < 4.78 is 2.36. The summed E-state index contributed by atoms with van der Waals surface area (Å²) in [6.07, 6.45) is 1.16. The van der Waals surface area contributed by atoms with Crippen LogP contribution in [0.4, 0.5) is 0 Å². The van der Waals surface area contributed by atoms with Gasteiger partial charge in [-0.3, -0.25) is 19.0 Å². The van der Waals surface area contributed by atoms with Crippen molar-refractivity contribution in [2.24, 2.45) is 0 Å². The van der Waals surface area contributed by atoms with Crippen molar-refractivity contribution in [1.82, 2.24) is 29.4 Å². The largest absolute Gasteiger partial charge is 0.347 e. The topological polar surface area (TPSA) is 103 Å². The molecule has 2 aromatic heterocycles. The maximum atomic E-state index is 12.8. The smallest absolute Gasteiger partial charge is 0.284 e. The van der Waals surface area contributed by atoms with E-state index in [0.717, 1.165) is 10.9 Å². The number of ketones is 1. The summed E-state index contributed by atoms with van der Waals surface area (Å²) in [5, 5.41) is 8.38. The van der Waals surface area contributed by atoms with Gasteiger partial charge in [0.05, 0.1) is 5.69 Å². The fourth-order valence-corrected chi connectivity index (χ4v) is 2.62. The van der Waals surface area contributed by atoms with E-state index in [9.17, 15) is 14.4 Å². The zero-order valence-corrected chi connectivity index (χ0v) is 15.0. The van der Waals surface area contributed by atoms with E-state index in [0.29, 0.717) is 10.7 Å². The number of fused-ring (bicyclic) bond motifs is 1. The molecule has 0 radical (unpaired) electrons. The molecule has 0 aliphatic carbocycles. The van der Waals surface area contributed by atoms with Gasteiger partial charge in [0.25, 0.3) is 11.5 Å². The Hall–Kier alpha value is -3.07. The molecule has 0 bridgehead atoms. The van der Waals surface area contributed by atoms with E-state index in [1.807, 2.05) is 0 Å². The molecular weight excluding hydrogens is 360 g/mol. The Morgan fingerprint density at radius 1 is 1.19 bits per heavy atom. The van der Waals surface area contributed by atoms with Crippen LogP contribution in [-0.2, 0) is 9.59 Å². The zero-order chi connectivity index (χ0) is 19.0. The predicted molar refractivity (Wildman–Crippen MR) is 94.3 cm³/mol. The minimum Gasteiger partial charge on any atom is -0.347 e. The van der Waals surface area contributed by atoms with Crippen LogP contribution in [0.2, 0.25) is 5.02 Å². The third-order valence-corrected chi connectivity index (χ3v) is 4.05. The van der Waals surface area contributed by atoms with Crippen molar-refractivity contribution in [1.29, 1.82) is 0 Å². The first-order valence-corrected chi connectivity index (χ1v) is 7.99. The van der Waals surface area contributed by atoms with Crippen molar-refractivity contribution < 1.29 is 9.59 Å². The molecule has 10 heteroatoms. The number of nitrogens with zero attached hydrogens (tertiary/aromatic N) is 6. The molecule has 26 heavy (non-hydrogen) atoms. The van der Waals surface area contributed by atoms with Crippen LogP contribution >= 0.6 is 11.6 Å². The second kappa shape index (κ2) is 6.68. The molecule has 0 aliphatic heterocycles. The number of hydrogen-bond donors (Lipinski definition) is 0. The van der Waals surface area contributed by atoms with Gasteiger partial charge in [-0.15, -0.1) is 5.10 Å². The molecule has 1 aromatic carbocycles. The number of halogens is 1. The van der Waals surface area contributed by atoms with Gasteiger partial charge in [-0.2, -0.15) is 4.68 Å². The first-order chi connectivity index (χ1) is 12.3. The summed E-state index contributed by atoms with van der Waals surface area (Å²) in [7, 11) is 3.01. The number of amides is 1. The first-order valence-electron chi connectivity index (χ1n) is 7.61. The summed E-state index contributed by atoms with van der Waals surface area (Å²) in [4.78, 5) is 42.4. The Bertz CT molecular complexity index is 1050. The lowest BCUT2D eigenvalue weighted by molar-refractivity contribution is -0.137. The monoisotopic (exact) mass is 374 g/mol. The van der Waals surface area contributed by atoms with Crippen molar-refractivity contribution >= 4 is 34.5 Å². The van der Waals surface area contributed by atoms with Crippen molar-refractivity contribution in [3.05, 3.63) is 46.0 Å². The molecule has 0 fully saturated rings. The van der Waals surface area contributed by atoms with Crippen molar-refractivity contribution in [2.75, 3.05) is 14.1 Å². The van der Waals surface area contributed by atoms with Gasteiger partial charge in [0.1, 0.15) is 6.33 Å². The van der Waals surface area contributed by atoms with E-state index in [1.54, 1.807) is 24.3 Å². The average molecular weight is 375 g/mol. The number of likely N-dealkylation sites (N-methyl/N-ethyl adjacent to an activating group) is 1. The van der Waals surface area contributed by atoms with E-state index >= 15 is 0 Å². The molecule has 3 rings (SSSR count). The van der Waals surface area contributed by atoms with Crippen molar-refractivity contribution in [3.8, 4) is 5.69 Å². The van der Waals surface area contributed by atoms with Crippen LogP contribution < -0.4 is 5.56 Å². The van der Waals surface area contributed by atoms with Crippen LogP contribution in [0.15, 0.2) is 35.4 Å². The highest BCUT2D eigenvalue weighted by Crippen LogP contribution is 2.16. The maximum Gasteiger partial charge on any atom is 0.284 e. The second-order valence-electron chi connectivity index (χ2n) is 5.85. The minimum absolute atomic E-state index is 0.0414. The summed E-state index contributed by atoms with van der Waals surface area (Å²) in [5.41, 5.74) is 0.174. The molecule has 3 aromatic rings. The molecule has 9 nitrogen and oxygen atoms in total. The van der Waals surface area contributed by atoms with Gasteiger partial charge in [0, 0.05) is 19.1 Å². The van der Waals surface area contributed by atoms with E-state index < -0.39 is 23.3 Å². The molecule has 0 spiro atoms. The van der Waals surface area contributed by atoms with E-state index in [1.165, 1.54) is 30.6 Å².